The standard InChI is InChI=1S/C15H16O3S/c1-12-5-3-4-6-15(12)19(16,17)11-13-7-9-14(18-2)10-8-13/h3-10H,11H2,1-2H3. The van der Waals surface area contributed by atoms with E-state index in [2.05, 4.69) is 0 Å². The van der Waals surface area contributed by atoms with Crippen molar-refractivity contribution >= 4 is 9.84 Å². The number of sulfone groups is 1. The summed E-state index contributed by atoms with van der Waals surface area (Å²) in [6.07, 6.45) is 0. The Labute approximate surface area is 113 Å². The molecule has 0 atom stereocenters. The van der Waals surface area contributed by atoms with Gasteiger partial charge in [0.05, 0.1) is 17.8 Å². The predicted octanol–water partition coefficient (Wildman–Crippen LogP) is 2.98. The molecule has 0 aliphatic heterocycles. The first-order chi connectivity index (χ1) is 9.03. The van der Waals surface area contributed by atoms with E-state index in [9.17, 15) is 8.42 Å². The molecule has 0 aliphatic rings. The van der Waals surface area contributed by atoms with Gasteiger partial charge in [-0.2, -0.15) is 0 Å². The number of hydrogen-bond acceptors (Lipinski definition) is 3. The molecule has 0 saturated heterocycles. The fourth-order valence-corrected chi connectivity index (χ4v) is 3.56. The fourth-order valence-electron chi connectivity index (χ4n) is 1.92. The lowest BCUT2D eigenvalue weighted by Gasteiger charge is -2.08. The van der Waals surface area contributed by atoms with Gasteiger partial charge in [-0.05, 0) is 36.2 Å². The first-order valence-corrected chi connectivity index (χ1v) is 7.59. The average Bonchev–Trinajstić information content (AvgIpc) is 2.39. The molecule has 100 valence electrons. The second-order valence-corrected chi connectivity index (χ2v) is 6.33. The normalized spacial score (nSPS) is 11.3. The molecule has 0 amide bonds. The van der Waals surface area contributed by atoms with Gasteiger partial charge in [0, 0.05) is 0 Å². The molecule has 19 heavy (non-hydrogen) atoms. The van der Waals surface area contributed by atoms with E-state index in [4.69, 9.17) is 4.74 Å². The van der Waals surface area contributed by atoms with Crippen molar-refractivity contribution in [1.29, 1.82) is 0 Å². The van der Waals surface area contributed by atoms with Gasteiger partial charge in [0.2, 0.25) is 0 Å². The maximum absolute atomic E-state index is 12.3. The van der Waals surface area contributed by atoms with Gasteiger partial charge < -0.3 is 4.74 Å². The van der Waals surface area contributed by atoms with Gasteiger partial charge in [-0.15, -0.1) is 0 Å². The fraction of sp³-hybridized carbons (Fsp3) is 0.200. The van der Waals surface area contributed by atoms with Crippen molar-refractivity contribution in [1.82, 2.24) is 0 Å². The van der Waals surface area contributed by atoms with Crippen LogP contribution < -0.4 is 4.74 Å². The second kappa shape index (κ2) is 5.45. The summed E-state index contributed by atoms with van der Waals surface area (Å²) in [6, 6.07) is 14.1. The molecule has 2 aromatic carbocycles. The smallest absolute Gasteiger partial charge is 0.182 e. The van der Waals surface area contributed by atoms with E-state index in [1.165, 1.54) is 0 Å². The van der Waals surface area contributed by atoms with Crippen LogP contribution in [-0.4, -0.2) is 15.5 Å². The molecule has 0 aromatic heterocycles. The summed E-state index contributed by atoms with van der Waals surface area (Å²) in [6.45, 7) is 1.81. The highest BCUT2D eigenvalue weighted by molar-refractivity contribution is 7.90. The third-order valence-corrected chi connectivity index (χ3v) is 4.79. The summed E-state index contributed by atoms with van der Waals surface area (Å²) >= 11 is 0. The Morgan fingerprint density at radius 3 is 2.21 bits per heavy atom. The van der Waals surface area contributed by atoms with Crippen LogP contribution in [0.5, 0.6) is 5.75 Å². The maximum Gasteiger partial charge on any atom is 0.182 e. The van der Waals surface area contributed by atoms with Crippen molar-refractivity contribution in [3.63, 3.8) is 0 Å². The zero-order chi connectivity index (χ0) is 13.9. The lowest BCUT2D eigenvalue weighted by atomic mass is 10.2. The van der Waals surface area contributed by atoms with E-state index >= 15 is 0 Å². The van der Waals surface area contributed by atoms with Crippen LogP contribution in [0.1, 0.15) is 11.1 Å². The Hall–Kier alpha value is -1.81. The Morgan fingerprint density at radius 2 is 1.63 bits per heavy atom. The van der Waals surface area contributed by atoms with E-state index in [0.717, 1.165) is 16.9 Å². The molecule has 0 heterocycles. The topological polar surface area (TPSA) is 43.4 Å². The minimum Gasteiger partial charge on any atom is -0.497 e. The lowest BCUT2D eigenvalue weighted by Crippen LogP contribution is -2.06. The monoisotopic (exact) mass is 276 g/mol. The molecule has 0 aliphatic carbocycles. The van der Waals surface area contributed by atoms with Gasteiger partial charge in [-0.3, -0.25) is 0 Å². The summed E-state index contributed by atoms with van der Waals surface area (Å²) in [4.78, 5) is 0.394. The Balaban J connectivity index is 2.28. The average molecular weight is 276 g/mol. The van der Waals surface area contributed by atoms with Crippen molar-refractivity contribution in [3.05, 3.63) is 59.7 Å². The molecule has 2 aromatic rings. The molecule has 0 spiro atoms. The zero-order valence-electron chi connectivity index (χ0n) is 11.0. The van der Waals surface area contributed by atoms with Crippen LogP contribution >= 0.6 is 0 Å². The number of hydrogen-bond donors (Lipinski definition) is 0. The number of aryl methyl sites for hydroxylation is 1. The number of methoxy groups -OCH3 is 1. The van der Waals surface area contributed by atoms with Crippen LogP contribution in [0, 0.1) is 6.92 Å². The van der Waals surface area contributed by atoms with Crippen LogP contribution in [0.15, 0.2) is 53.4 Å². The van der Waals surface area contributed by atoms with Crippen LogP contribution in [-0.2, 0) is 15.6 Å². The van der Waals surface area contributed by atoms with Crippen LogP contribution in [0.3, 0.4) is 0 Å². The summed E-state index contributed by atoms with van der Waals surface area (Å²) in [7, 11) is -1.72. The van der Waals surface area contributed by atoms with Crippen LogP contribution in [0.25, 0.3) is 0 Å². The molecular formula is C15H16O3S. The highest BCUT2D eigenvalue weighted by atomic mass is 32.2. The molecule has 0 bridgehead atoms. The molecule has 2 rings (SSSR count). The Morgan fingerprint density at radius 1 is 1.00 bits per heavy atom. The Bertz CT molecular complexity index is 658. The van der Waals surface area contributed by atoms with Crippen molar-refractivity contribution in [2.24, 2.45) is 0 Å². The number of benzene rings is 2. The van der Waals surface area contributed by atoms with E-state index in [1.54, 1.807) is 56.5 Å². The third-order valence-electron chi connectivity index (χ3n) is 2.94. The molecule has 3 nitrogen and oxygen atoms in total. The molecule has 0 radical (unpaired) electrons. The van der Waals surface area contributed by atoms with Gasteiger partial charge in [0.1, 0.15) is 5.75 Å². The summed E-state index contributed by atoms with van der Waals surface area (Å²) in [5.41, 5.74) is 1.53. The van der Waals surface area contributed by atoms with Gasteiger partial charge in [-0.1, -0.05) is 30.3 Å². The van der Waals surface area contributed by atoms with Crippen LogP contribution in [0.2, 0.25) is 0 Å². The minimum absolute atomic E-state index is 0.00183. The van der Waals surface area contributed by atoms with Crippen molar-refractivity contribution in [3.8, 4) is 5.75 Å². The van der Waals surface area contributed by atoms with Gasteiger partial charge in [-0.25, -0.2) is 8.42 Å². The molecule has 4 heteroatoms. The van der Waals surface area contributed by atoms with E-state index < -0.39 is 9.84 Å². The highest BCUT2D eigenvalue weighted by Crippen LogP contribution is 2.21. The molecular weight excluding hydrogens is 260 g/mol. The van der Waals surface area contributed by atoms with Crippen LogP contribution in [0.4, 0.5) is 0 Å². The number of rotatable bonds is 4. The minimum atomic E-state index is -3.30. The highest BCUT2D eigenvalue weighted by Gasteiger charge is 2.17. The third kappa shape index (κ3) is 3.15. The molecule has 0 fully saturated rings. The van der Waals surface area contributed by atoms with Crippen molar-refractivity contribution in [2.75, 3.05) is 7.11 Å². The molecule has 0 unspecified atom stereocenters. The quantitative estimate of drug-likeness (QED) is 0.862. The molecule has 0 saturated carbocycles. The van der Waals surface area contributed by atoms with Crippen molar-refractivity contribution < 1.29 is 13.2 Å². The lowest BCUT2D eigenvalue weighted by molar-refractivity contribution is 0.414. The second-order valence-electron chi connectivity index (χ2n) is 4.37. The summed E-state index contributed by atoms with van der Waals surface area (Å²) < 4.78 is 29.7. The van der Waals surface area contributed by atoms with Gasteiger partial charge >= 0.3 is 0 Å². The SMILES string of the molecule is COc1ccc(CS(=O)(=O)c2ccccc2C)cc1. The first-order valence-electron chi connectivity index (χ1n) is 5.94. The summed E-state index contributed by atoms with van der Waals surface area (Å²) in [5, 5.41) is 0. The van der Waals surface area contributed by atoms with E-state index in [1.807, 2.05) is 6.07 Å². The maximum atomic E-state index is 12.3. The largest absolute Gasteiger partial charge is 0.497 e. The van der Waals surface area contributed by atoms with Crippen molar-refractivity contribution in [2.45, 2.75) is 17.6 Å². The molecule has 0 N–H and O–H groups in total. The predicted molar refractivity (Wildman–Crippen MR) is 75.1 cm³/mol. The van der Waals surface area contributed by atoms with E-state index in [0.29, 0.717) is 4.90 Å². The number of ether oxygens (including phenoxy) is 1. The first kappa shape index (κ1) is 13.6. The summed E-state index contributed by atoms with van der Waals surface area (Å²) in [5.74, 6) is 0.721. The zero-order valence-corrected chi connectivity index (χ0v) is 11.8. The Kier molecular flexibility index (Phi) is 3.90. The van der Waals surface area contributed by atoms with Gasteiger partial charge in [0.15, 0.2) is 9.84 Å². The van der Waals surface area contributed by atoms with E-state index in [-0.39, 0.29) is 5.75 Å². The van der Waals surface area contributed by atoms with Gasteiger partial charge in [0.25, 0.3) is 0 Å².